The first-order valence-electron chi connectivity index (χ1n) is 23.4. The topological polar surface area (TPSA) is 33.5 Å². The SMILES string of the molecule is Cc1cc(-n2c3[c-]c(Oc4[c-]c(N5[CH-]N(c6c(-c7ccccc7)cccc6-c6ccc(C(C)(C)C)cc6)c6ccccc65)cc(C(C)(C)C)c4)ccc3c3ccccc32)ncc1-c1ccccc1.[Pt]. The zero-order valence-corrected chi connectivity index (χ0v) is 42.3. The summed E-state index contributed by atoms with van der Waals surface area (Å²) in [5.74, 6) is 2.04. The van der Waals surface area contributed by atoms with Crippen molar-refractivity contribution in [3.63, 3.8) is 0 Å². The standard InChI is InChI=1S/C63H53N4O.Pt/c1-42-35-60(64-40-55(42)44-21-12-9-13-22-44)67-56-26-15-14-23-53(56)54-34-33-49(39-59(54)67)68-50-37-47(63(5,6)7)36-48(38-50)65-41-66(58-28-17-16-27-57(58)65)61-51(43-19-10-8-11-20-43)24-18-25-52(61)45-29-31-46(32-30-45)62(2,3)4;/h8-37,40-41H,1-7H3;/q-3;. The first-order chi connectivity index (χ1) is 32.9. The van der Waals surface area contributed by atoms with Crippen molar-refractivity contribution in [1.29, 1.82) is 0 Å². The molecule has 0 amide bonds. The molecule has 0 radical (unpaired) electrons. The number of aryl methyl sites for hydroxylation is 1. The summed E-state index contributed by atoms with van der Waals surface area (Å²) in [6.45, 7) is 17.9. The summed E-state index contributed by atoms with van der Waals surface area (Å²) in [5.41, 5.74) is 16.4. The summed E-state index contributed by atoms with van der Waals surface area (Å²) in [5, 5.41) is 2.21. The van der Waals surface area contributed by atoms with Gasteiger partial charge in [0.05, 0.1) is 0 Å². The van der Waals surface area contributed by atoms with Gasteiger partial charge in [-0.25, -0.2) is 4.98 Å². The van der Waals surface area contributed by atoms with Crippen LogP contribution in [0.1, 0.15) is 58.2 Å². The molecule has 1 aliphatic rings. The first-order valence-corrected chi connectivity index (χ1v) is 23.4. The van der Waals surface area contributed by atoms with Crippen LogP contribution in [0.4, 0.5) is 22.7 Å². The Balaban J connectivity index is 0.00000553. The molecule has 11 rings (SSSR count). The molecule has 5 nitrogen and oxygen atoms in total. The Hall–Kier alpha value is -7.20. The number of fused-ring (bicyclic) bond motifs is 4. The Labute approximate surface area is 420 Å². The number of benzene rings is 8. The van der Waals surface area contributed by atoms with Gasteiger partial charge in [0.1, 0.15) is 5.82 Å². The number of pyridine rings is 1. The normalized spacial score (nSPS) is 12.6. The fourth-order valence-electron chi connectivity index (χ4n) is 9.54. The monoisotopic (exact) mass is 1080 g/mol. The van der Waals surface area contributed by atoms with E-state index >= 15 is 0 Å². The minimum Gasteiger partial charge on any atom is -0.509 e. The summed E-state index contributed by atoms with van der Waals surface area (Å²) in [7, 11) is 0. The smallest absolute Gasteiger partial charge is 0.135 e. The van der Waals surface area contributed by atoms with E-state index in [9.17, 15) is 0 Å². The molecule has 3 heterocycles. The van der Waals surface area contributed by atoms with Crippen molar-refractivity contribution in [2.45, 2.75) is 59.3 Å². The number of nitrogens with zero attached hydrogens (tertiary/aromatic N) is 4. The van der Waals surface area contributed by atoms with E-state index in [1.165, 1.54) is 5.56 Å². The molecular formula is C63H53N4OPt-3. The summed E-state index contributed by atoms with van der Waals surface area (Å²) >= 11 is 0. The molecule has 1 aliphatic heterocycles. The molecule has 0 saturated heterocycles. The maximum absolute atomic E-state index is 6.90. The summed E-state index contributed by atoms with van der Waals surface area (Å²) in [6, 6.07) is 72.1. The van der Waals surface area contributed by atoms with Crippen molar-refractivity contribution in [3.8, 4) is 50.7 Å². The number of aromatic nitrogens is 2. The Kier molecular flexibility index (Phi) is 11.9. The van der Waals surface area contributed by atoms with Crippen LogP contribution in [-0.2, 0) is 31.9 Å². The molecular weight excluding hydrogens is 1020 g/mol. The van der Waals surface area contributed by atoms with Crippen LogP contribution in [0.3, 0.4) is 0 Å². The van der Waals surface area contributed by atoms with Gasteiger partial charge in [-0.3, -0.25) is 0 Å². The van der Waals surface area contributed by atoms with E-state index in [-0.39, 0.29) is 31.9 Å². The van der Waals surface area contributed by atoms with Gasteiger partial charge in [0.15, 0.2) is 0 Å². The molecule has 69 heavy (non-hydrogen) atoms. The third kappa shape index (κ3) is 8.55. The number of ether oxygens (including phenoxy) is 1. The van der Waals surface area contributed by atoms with Crippen LogP contribution in [0.25, 0.3) is 61.0 Å². The number of para-hydroxylation sites is 4. The van der Waals surface area contributed by atoms with E-state index in [0.29, 0.717) is 11.5 Å². The summed E-state index contributed by atoms with van der Waals surface area (Å²) in [4.78, 5) is 9.66. The van der Waals surface area contributed by atoms with Gasteiger partial charge in [-0.1, -0.05) is 181 Å². The zero-order chi connectivity index (χ0) is 46.7. The molecule has 6 heteroatoms. The predicted molar refractivity (Wildman–Crippen MR) is 283 cm³/mol. The minimum absolute atomic E-state index is 0. The van der Waals surface area contributed by atoms with Crippen molar-refractivity contribution in [3.05, 3.63) is 224 Å². The maximum atomic E-state index is 6.90. The van der Waals surface area contributed by atoms with Gasteiger partial charge in [-0.05, 0) is 75.2 Å². The Morgan fingerprint density at radius 2 is 1.10 bits per heavy atom. The van der Waals surface area contributed by atoms with Gasteiger partial charge >= 0.3 is 0 Å². The van der Waals surface area contributed by atoms with Gasteiger partial charge in [-0.15, -0.1) is 53.6 Å². The van der Waals surface area contributed by atoms with Crippen LogP contribution < -0.4 is 14.5 Å². The second-order valence-electron chi connectivity index (χ2n) is 19.9. The number of anilines is 4. The van der Waals surface area contributed by atoms with E-state index in [2.05, 4.69) is 251 Å². The van der Waals surface area contributed by atoms with Gasteiger partial charge in [0, 0.05) is 78.0 Å². The van der Waals surface area contributed by atoms with E-state index in [0.717, 1.165) is 94.9 Å². The van der Waals surface area contributed by atoms with E-state index in [4.69, 9.17) is 9.72 Å². The Morgan fingerprint density at radius 3 is 1.75 bits per heavy atom. The van der Waals surface area contributed by atoms with Crippen LogP contribution in [0.5, 0.6) is 11.5 Å². The first kappa shape index (κ1) is 45.6. The third-order valence-corrected chi connectivity index (χ3v) is 13.2. The quantitative estimate of drug-likeness (QED) is 0.142. The zero-order valence-electron chi connectivity index (χ0n) is 40.0. The largest absolute Gasteiger partial charge is 0.509 e. The number of hydrogen-bond acceptors (Lipinski definition) is 4. The summed E-state index contributed by atoms with van der Waals surface area (Å²) < 4.78 is 9.10. The van der Waals surface area contributed by atoms with Gasteiger partial charge in [0.2, 0.25) is 0 Å². The van der Waals surface area contributed by atoms with Crippen LogP contribution in [0.2, 0.25) is 0 Å². The molecule has 0 aliphatic carbocycles. The van der Waals surface area contributed by atoms with Gasteiger partial charge in [-0.2, -0.15) is 6.07 Å². The Bertz CT molecular complexity index is 3490. The molecule has 0 spiro atoms. The molecule has 0 unspecified atom stereocenters. The van der Waals surface area contributed by atoms with Crippen LogP contribution >= 0.6 is 0 Å². The molecule has 0 N–H and O–H groups in total. The minimum atomic E-state index is -0.192. The second kappa shape index (κ2) is 18.0. The number of rotatable bonds is 8. The molecule has 0 atom stereocenters. The van der Waals surface area contributed by atoms with E-state index < -0.39 is 0 Å². The fraction of sp³-hybridized carbons (Fsp3) is 0.143. The maximum Gasteiger partial charge on any atom is 0.135 e. The molecule has 344 valence electrons. The molecule has 8 aromatic carbocycles. The molecule has 0 fully saturated rings. The third-order valence-electron chi connectivity index (χ3n) is 13.2. The van der Waals surface area contributed by atoms with Crippen molar-refractivity contribution in [2.75, 3.05) is 9.80 Å². The van der Waals surface area contributed by atoms with Crippen molar-refractivity contribution in [2.24, 2.45) is 0 Å². The van der Waals surface area contributed by atoms with Crippen LogP contribution in [-0.4, -0.2) is 9.55 Å². The van der Waals surface area contributed by atoms with E-state index in [1.54, 1.807) is 0 Å². The predicted octanol–water partition coefficient (Wildman–Crippen LogP) is 16.9. The molecule has 2 aromatic heterocycles. The number of hydrogen-bond donors (Lipinski definition) is 0. The van der Waals surface area contributed by atoms with Crippen molar-refractivity contribution < 1.29 is 25.8 Å². The molecule has 0 saturated carbocycles. The van der Waals surface area contributed by atoms with E-state index in [1.807, 2.05) is 18.3 Å². The van der Waals surface area contributed by atoms with Gasteiger partial charge < -0.3 is 19.1 Å². The van der Waals surface area contributed by atoms with Crippen molar-refractivity contribution >= 4 is 44.6 Å². The van der Waals surface area contributed by atoms with Crippen molar-refractivity contribution in [1.82, 2.24) is 9.55 Å². The van der Waals surface area contributed by atoms with Crippen LogP contribution in [0.15, 0.2) is 188 Å². The average Bonchev–Trinajstić information content (AvgIpc) is 3.90. The summed E-state index contributed by atoms with van der Waals surface area (Å²) in [6.07, 6.45) is 1.98. The van der Waals surface area contributed by atoms with Crippen LogP contribution in [0, 0.1) is 25.7 Å². The van der Waals surface area contributed by atoms with Gasteiger partial charge in [0.25, 0.3) is 0 Å². The molecule has 0 bridgehead atoms. The average molecular weight is 1080 g/mol. The second-order valence-corrected chi connectivity index (χ2v) is 19.9. The Morgan fingerprint density at radius 1 is 0.507 bits per heavy atom. The molecule has 10 aromatic rings. The fourth-order valence-corrected chi connectivity index (χ4v) is 9.54.